The van der Waals surface area contributed by atoms with Crippen LogP contribution in [0.3, 0.4) is 0 Å². The molecule has 112 valence electrons. The molecule has 1 rings (SSSR count). The molecule has 2 N–H and O–H groups in total. The molecular weight excluding hydrogens is 271 g/mol. The zero-order valence-corrected chi connectivity index (χ0v) is 11.6. The van der Waals surface area contributed by atoms with Gasteiger partial charge in [0.25, 0.3) is 5.91 Å². The van der Waals surface area contributed by atoms with Gasteiger partial charge in [-0.1, -0.05) is 19.9 Å². The fraction of sp³-hybridized carbons (Fsp3) is 0.500. The average Bonchev–Trinajstić information content (AvgIpc) is 2.36. The number of aliphatic hydroxyl groups excluding tert-OH is 1. The van der Waals surface area contributed by atoms with Crippen LogP contribution in [0.2, 0.25) is 0 Å². The average molecular weight is 289 g/mol. The van der Waals surface area contributed by atoms with E-state index in [1.54, 1.807) is 20.8 Å². The summed E-state index contributed by atoms with van der Waals surface area (Å²) in [5.41, 5.74) is -0.705. The first kappa shape index (κ1) is 16.5. The summed E-state index contributed by atoms with van der Waals surface area (Å²) in [5.74, 6) is -0.924. The maximum absolute atomic E-state index is 13.0. The number of amides is 1. The molecule has 0 bridgehead atoms. The van der Waals surface area contributed by atoms with E-state index in [-0.39, 0.29) is 23.7 Å². The molecule has 0 aliphatic rings. The van der Waals surface area contributed by atoms with Crippen LogP contribution in [0.25, 0.3) is 0 Å². The molecule has 0 heterocycles. The Morgan fingerprint density at radius 1 is 1.30 bits per heavy atom. The minimum absolute atomic E-state index is 0.0676. The van der Waals surface area contributed by atoms with Crippen LogP contribution in [0.4, 0.5) is 13.2 Å². The summed E-state index contributed by atoms with van der Waals surface area (Å²) in [4.78, 5) is 11.8. The van der Waals surface area contributed by atoms with Gasteiger partial charge in [-0.05, 0) is 30.5 Å². The standard InChI is InChI=1S/C14H18F3NO2/c1-8(2)11-5-4-10(6-12(11)14(15,16)17)13(20)18-9(3)7-19/h4-6,8-9,19H,7H2,1-3H3,(H,18,20)/t9-/m1/s1. The summed E-state index contributed by atoms with van der Waals surface area (Å²) in [6, 6.07) is 3.03. The van der Waals surface area contributed by atoms with Gasteiger partial charge in [0, 0.05) is 11.6 Å². The quantitative estimate of drug-likeness (QED) is 0.895. The van der Waals surface area contributed by atoms with E-state index in [0.29, 0.717) is 0 Å². The van der Waals surface area contributed by atoms with E-state index in [1.807, 2.05) is 0 Å². The summed E-state index contributed by atoms with van der Waals surface area (Å²) in [5, 5.41) is 11.3. The minimum Gasteiger partial charge on any atom is -0.394 e. The van der Waals surface area contributed by atoms with Crippen LogP contribution in [-0.4, -0.2) is 23.7 Å². The lowest BCUT2D eigenvalue weighted by atomic mass is 9.94. The fourth-order valence-electron chi connectivity index (χ4n) is 1.80. The molecular formula is C14H18F3NO2. The highest BCUT2D eigenvalue weighted by Gasteiger charge is 2.34. The van der Waals surface area contributed by atoms with E-state index in [1.165, 1.54) is 12.1 Å². The fourth-order valence-corrected chi connectivity index (χ4v) is 1.80. The number of hydrogen-bond acceptors (Lipinski definition) is 2. The van der Waals surface area contributed by atoms with Gasteiger partial charge in [0.2, 0.25) is 0 Å². The van der Waals surface area contributed by atoms with Crippen molar-refractivity contribution in [2.45, 2.75) is 38.9 Å². The van der Waals surface area contributed by atoms with Gasteiger partial charge < -0.3 is 10.4 Å². The van der Waals surface area contributed by atoms with Gasteiger partial charge in [0.05, 0.1) is 12.2 Å². The van der Waals surface area contributed by atoms with E-state index in [4.69, 9.17) is 5.11 Å². The number of alkyl halides is 3. The maximum Gasteiger partial charge on any atom is 0.416 e. The molecule has 0 saturated heterocycles. The first-order valence-electron chi connectivity index (χ1n) is 6.29. The van der Waals surface area contributed by atoms with Gasteiger partial charge >= 0.3 is 6.18 Å². The Labute approximate surface area is 115 Å². The van der Waals surface area contributed by atoms with Crippen molar-refractivity contribution in [3.05, 3.63) is 34.9 Å². The van der Waals surface area contributed by atoms with Gasteiger partial charge in [-0.25, -0.2) is 0 Å². The molecule has 0 aliphatic carbocycles. The summed E-state index contributed by atoms with van der Waals surface area (Å²) in [7, 11) is 0. The molecule has 1 amide bonds. The van der Waals surface area contributed by atoms with E-state index in [0.717, 1.165) is 6.07 Å². The van der Waals surface area contributed by atoms with Crippen LogP contribution in [0.15, 0.2) is 18.2 Å². The Balaban J connectivity index is 3.16. The summed E-state index contributed by atoms with van der Waals surface area (Å²) >= 11 is 0. The molecule has 0 saturated carbocycles. The first-order valence-corrected chi connectivity index (χ1v) is 6.29. The number of hydrogen-bond donors (Lipinski definition) is 2. The third-order valence-electron chi connectivity index (χ3n) is 2.89. The largest absolute Gasteiger partial charge is 0.416 e. The number of benzene rings is 1. The SMILES string of the molecule is CC(C)c1ccc(C(=O)N[C@H](C)CO)cc1C(F)(F)F. The topological polar surface area (TPSA) is 49.3 Å². The lowest BCUT2D eigenvalue weighted by Crippen LogP contribution is -2.35. The van der Waals surface area contributed by atoms with Gasteiger partial charge in [-0.3, -0.25) is 4.79 Å². The summed E-state index contributed by atoms with van der Waals surface area (Å²) in [6.45, 7) is 4.61. The Kier molecular flexibility index (Phi) is 5.16. The number of carbonyl (C=O) groups is 1. The van der Waals surface area contributed by atoms with Crippen LogP contribution in [0.5, 0.6) is 0 Å². The highest BCUT2D eigenvalue weighted by atomic mass is 19.4. The Bertz CT molecular complexity index is 484. The number of carbonyl (C=O) groups excluding carboxylic acids is 1. The van der Waals surface area contributed by atoms with Crippen molar-refractivity contribution in [1.82, 2.24) is 5.32 Å². The molecule has 0 unspecified atom stereocenters. The molecule has 0 aromatic heterocycles. The van der Waals surface area contributed by atoms with Gasteiger partial charge in [0.1, 0.15) is 0 Å². The van der Waals surface area contributed by atoms with Gasteiger partial charge in [-0.2, -0.15) is 13.2 Å². The normalized spacial score (nSPS) is 13.4. The summed E-state index contributed by atoms with van der Waals surface area (Å²) < 4.78 is 39.0. The molecule has 1 aromatic carbocycles. The lowest BCUT2D eigenvalue weighted by Gasteiger charge is -2.17. The molecule has 3 nitrogen and oxygen atoms in total. The molecule has 0 radical (unpaired) electrons. The lowest BCUT2D eigenvalue weighted by molar-refractivity contribution is -0.138. The second kappa shape index (κ2) is 6.26. The Morgan fingerprint density at radius 3 is 2.35 bits per heavy atom. The minimum atomic E-state index is -4.50. The van der Waals surface area contributed by atoms with Crippen molar-refractivity contribution in [3.63, 3.8) is 0 Å². The van der Waals surface area contributed by atoms with Crippen molar-refractivity contribution >= 4 is 5.91 Å². The third kappa shape index (κ3) is 3.96. The number of halogens is 3. The van der Waals surface area contributed by atoms with Crippen LogP contribution >= 0.6 is 0 Å². The molecule has 6 heteroatoms. The van der Waals surface area contributed by atoms with Crippen LogP contribution < -0.4 is 5.32 Å². The predicted octanol–water partition coefficient (Wildman–Crippen LogP) is 2.94. The molecule has 0 spiro atoms. The smallest absolute Gasteiger partial charge is 0.394 e. The monoisotopic (exact) mass is 289 g/mol. The predicted molar refractivity (Wildman–Crippen MR) is 69.5 cm³/mol. The maximum atomic E-state index is 13.0. The van der Waals surface area contributed by atoms with Crippen molar-refractivity contribution in [1.29, 1.82) is 0 Å². The molecule has 1 atom stereocenters. The third-order valence-corrected chi connectivity index (χ3v) is 2.89. The molecule has 0 aliphatic heterocycles. The first-order chi connectivity index (χ1) is 9.16. The van der Waals surface area contributed by atoms with E-state index in [2.05, 4.69) is 5.32 Å². The van der Waals surface area contributed by atoms with Crippen LogP contribution in [-0.2, 0) is 6.18 Å². The van der Waals surface area contributed by atoms with Crippen molar-refractivity contribution in [2.24, 2.45) is 0 Å². The highest BCUT2D eigenvalue weighted by molar-refractivity contribution is 5.94. The van der Waals surface area contributed by atoms with E-state index < -0.39 is 23.7 Å². The zero-order valence-electron chi connectivity index (χ0n) is 11.6. The van der Waals surface area contributed by atoms with E-state index in [9.17, 15) is 18.0 Å². The molecule has 0 fully saturated rings. The van der Waals surface area contributed by atoms with Crippen LogP contribution in [0, 0.1) is 0 Å². The number of rotatable bonds is 4. The van der Waals surface area contributed by atoms with Crippen LogP contribution in [0.1, 0.15) is 48.2 Å². The van der Waals surface area contributed by atoms with Crippen molar-refractivity contribution < 1.29 is 23.1 Å². The Hall–Kier alpha value is -1.56. The van der Waals surface area contributed by atoms with Crippen molar-refractivity contribution in [3.8, 4) is 0 Å². The number of aliphatic hydroxyl groups is 1. The van der Waals surface area contributed by atoms with Gasteiger partial charge in [-0.15, -0.1) is 0 Å². The molecule has 1 aromatic rings. The van der Waals surface area contributed by atoms with E-state index >= 15 is 0 Å². The second-order valence-corrected chi connectivity index (χ2v) is 5.01. The second-order valence-electron chi connectivity index (χ2n) is 5.01. The molecule has 20 heavy (non-hydrogen) atoms. The Morgan fingerprint density at radius 2 is 1.90 bits per heavy atom. The zero-order chi connectivity index (χ0) is 15.5. The summed E-state index contributed by atoms with van der Waals surface area (Å²) in [6.07, 6.45) is -4.50. The number of nitrogens with one attached hydrogen (secondary N) is 1. The van der Waals surface area contributed by atoms with Crippen molar-refractivity contribution in [2.75, 3.05) is 6.61 Å². The highest BCUT2D eigenvalue weighted by Crippen LogP contribution is 2.35. The van der Waals surface area contributed by atoms with Gasteiger partial charge in [0.15, 0.2) is 0 Å².